The molecule has 0 radical (unpaired) electrons. The Balaban J connectivity index is 1.95. The Bertz CT molecular complexity index is 1100. The van der Waals surface area contributed by atoms with Crippen LogP contribution in [0.25, 0.3) is 0 Å². The van der Waals surface area contributed by atoms with Crippen molar-refractivity contribution < 1.29 is 14.4 Å². The molecule has 0 saturated heterocycles. The van der Waals surface area contributed by atoms with Crippen LogP contribution in [0, 0.1) is 13.8 Å². The first-order chi connectivity index (χ1) is 16.5. The van der Waals surface area contributed by atoms with E-state index < -0.39 is 11.9 Å². The number of anilines is 2. The number of amides is 3. The van der Waals surface area contributed by atoms with E-state index in [0.717, 1.165) is 11.3 Å². The summed E-state index contributed by atoms with van der Waals surface area (Å²) in [6.45, 7) is 6.32. The van der Waals surface area contributed by atoms with Crippen LogP contribution in [0.1, 0.15) is 34.4 Å². The zero-order valence-electron chi connectivity index (χ0n) is 21.3. The number of nitrogens with one attached hydrogen (secondary N) is 2. The molecule has 2 rings (SSSR count). The first-order valence-corrected chi connectivity index (χ1v) is 11.4. The molecule has 10 nitrogen and oxygen atoms in total. The van der Waals surface area contributed by atoms with Gasteiger partial charge < -0.3 is 26.2 Å². The van der Waals surface area contributed by atoms with Crippen LogP contribution in [0.5, 0.6) is 0 Å². The Morgan fingerprint density at radius 3 is 2.46 bits per heavy atom. The molecule has 10 heteroatoms. The molecule has 0 aliphatic rings. The van der Waals surface area contributed by atoms with Gasteiger partial charge >= 0.3 is 0 Å². The van der Waals surface area contributed by atoms with E-state index in [-0.39, 0.29) is 17.5 Å². The molecular weight excluding hydrogens is 446 g/mol. The molecule has 0 spiro atoms. The summed E-state index contributed by atoms with van der Waals surface area (Å²) in [5.74, 6) is -0.814. The maximum Gasteiger partial charge on any atom is 0.271 e. The topological polar surface area (TPSA) is 134 Å². The van der Waals surface area contributed by atoms with Crippen molar-refractivity contribution >= 4 is 29.2 Å². The minimum atomic E-state index is -0.660. The SMILES string of the molecule is Cc1nc(Nc2cccc(CCNC(=O)[C@H](C)N(C)C(=O)/C=C/CN(C)C)c2)c(C(N)=O)nc1C. The fourth-order valence-corrected chi connectivity index (χ4v) is 3.13. The van der Waals surface area contributed by atoms with Crippen LogP contribution in [0.4, 0.5) is 11.5 Å². The van der Waals surface area contributed by atoms with Crippen molar-refractivity contribution in [1.29, 1.82) is 0 Å². The van der Waals surface area contributed by atoms with E-state index in [4.69, 9.17) is 5.73 Å². The molecule has 188 valence electrons. The molecule has 0 bridgehead atoms. The van der Waals surface area contributed by atoms with Gasteiger partial charge in [0.15, 0.2) is 11.5 Å². The average molecular weight is 482 g/mol. The van der Waals surface area contributed by atoms with Gasteiger partial charge in [0.25, 0.3) is 5.91 Å². The molecule has 0 fully saturated rings. The zero-order valence-corrected chi connectivity index (χ0v) is 21.3. The molecule has 35 heavy (non-hydrogen) atoms. The second kappa shape index (κ2) is 12.6. The molecule has 1 atom stereocenters. The molecule has 2 aromatic rings. The van der Waals surface area contributed by atoms with Crippen molar-refractivity contribution in [1.82, 2.24) is 25.1 Å². The van der Waals surface area contributed by atoms with Gasteiger partial charge in [-0.3, -0.25) is 14.4 Å². The Morgan fingerprint density at radius 1 is 1.11 bits per heavy atom. The summed E-state index contributed by atoms with van der Waals surface area (Å²) in [5, 5.41) is 5.99. The van der Waals surface area contributed by atoms with Crippen LogP contribution in [-0.2, 0) is 16.0 Å². The molecule has 1 aromatic carbocycles. The highest BCUT2D eigenvalue weighted by Gasteiger charge is 2.20. The van der Waals surface area contributed by atoms with Crippen molar-refractivity contribution in [2.45, 2.75) is 33.2 Å². The Hall–Kier alpha value is -3.79. The summed E-state index contributed by atoms with van der Waals surface area (Å²) >= 11 is 0. The molecule has 0 aliphatic carbocycles. The highest BCUT2D eigenvalue weighted by atomic mass is 16.2. The summed E-state index contributed by atoms with van der Waals surface area (Å²) in [5.41, 5.74) is 8.56. The van der Waals surface area contributed by atoms with Crippen LogP contribution >= 0.6 is 0 Å². The van der Waals surface area contributed by atoms with Crippen molar-refractivity contribution in [2.75, 3.05) is 39.5 Å². The minimum Gasteiger partial charge on any atom is -0.364 e. The third kappa shape index (κ3) is 8.18. The van der Waals surface area contributed by atoms with Crippen LogP contribution < -0.4 is 16.4 Å². The number of rotatable bonds is 11. The predicted molar refractivity (Wildman–Crippen MR) is 136 cm³/mol. The molecule has 1 heterocycles. The van der Waals surface area contributed by atoms with E-state index in [2.05, 4.69) is 20.6 Å². The van der Waals surface area contributed by atoms with Crippen molar-refractivity contribution in [3.05, 3.63) is 59.1 Å². The number of hydrogen-bond acceptors (Lipinski definition) is 7. The number of aryl methyl sites for hydroxylation is 2. The molecule has 0 saturated carbocycles. The lowest BCUT2D eigenvalue weighted by molar-refractivity contribution is -0.135. The lowest BCUT2D eigenvalue weighted by Gasteiger charge is -2.23. The number of aromatic nitrogens is 2. The summed E-state index contributed by atoms with van der Waals surface area (Å²) in [6, 6.07) is 6.95. The second-order valence-corrected chi connectivity index (χ2v) is 8.61. The second-order valence-electron chi connectivity index (χ2n) is 8.61. The van der Waals surface area contributed by atoms with E-state index in [1.54, 1.807) is 27.0 Å². The average Bonchev–Trinajstić information content (AvgIpc) is 2.80. The number of primary amides is 1. The van der Waals surface area contributed by atoms with Gasteiger partial charge in [0.05, 0.1) is 11.4 Å². The van der Waals surface area contributed by atoms with Gasteiger partial charge in [-0.2, -0.15) is 0 Å². The van der Waals surface area contributed by atoms with Crippen molar-refractivity contribution in [2.24, 2.45) is 5.73 Å². The van der Waals surface area contributed by atoms with Crippen LogP contribution in [-0.4, -0.2) is 77.8 Å². The van der Waals surface area contributed by atoms with Gasteiger partial charge in [0, 0.05) is 31.9 Å². The van der Waals surface area contributed by atoms with Gasteiger partial charge in [-0.05, 0) is 59.0 Å². The van der Waals surface area contributed by atoms with Crippen LogP contribution in [0.2, 0.25) is 0 Å². The lowest BCUT2D eigenvalue weighted by atomic mass is 10.1. The first-order valence-electron chi connectivity index (χ1n) is 11.4. The van der Waals surface area contributed by atoms with Gasteiger partial charge in [-0.15, -0.1) is 0 Å². The number of likely N-dealkylation sites (N-methyl/N-ethyl adjacent to an activating group) is 2. The molecular formula is C25H35N7O3. The van der Waals surface area contributed by atoms with Crippen molar-refractivity contribution in [3.63, 3.8) is 0 Å². The Kier molecular flexibility index (Phi) is 9.89. The van der Waals surface area contributed by atoms with Gasteiger partial charge in [0.1, 0.15) is 6.04 Å². The summed E-state index contributed by atoms with van der Waals surface area (Å²) in [4.78, 5) is 48.6. The number of carbonyl (C=O) groups excluding carboxylic acids is 3. The monoisotopic (exact) mass is 481 g/mol. The standard InChI is InChI=1S/C25H35N7O3/c1-16-17(2)29-24(22(28-16)23(26)34)30-20-10-7-9-19(15-20)12-13-27-25(35)18(3)32(6)21(33)11-8-14-31(4)5/h7-11,15,18H,12-14H2,1-6H3,(H2,26,34)(H,27,35)(H,29,30)/b11-8+/t18-/m0/s1. The Morgan fingerprint density at radius 2 is 1.80 bits per heavy atom. The number of benzene rings is 1. The lowest BCUT2D eigenvalue weighted by Crippen LogP contribution is -2.45. The zero-order chi connectivity index (χ0) is 26.1. The number of nitrogens with zero attached hydrogens (tertiary/aromatic N) is 4. The largest absolute Gasteiger partial charge is 0.364 e. The maximum atomic E-state index is 12.5. The van der Waals surface area contributed by atoms with Gasteiger partial charge in [-0.1, -0.05) is 18.2 Å². The predicted octanol–water partition coefficient (Wildman–Crippen LogP) is 1.56. The number of nitrogens with two attached hydrogens (primary N) is 1. The molecule has 1 aromatic heterocycles. The highest BCUT2D eigenvalue weighted by molar-refractivity contribution is 5.96. The van der Waals surface area contributed by atoms with E-state index >= 15 is 0 Å². The minimum absolute atomic E-state index is 0.0787. The van der Waals surface area contributed by atoms with Crippen LogP contribution in [0.15, 0.2) is 36.4 Å². The maximum absolute atomic E-state index is 12.5. The molecule has 3 amide bonds. The van der Waals surface area contributed by atoms with E-state index in [1.165, 1.54) is 11.0 Å². The van der Waals surface area contributed by atoms with Crippen molar-refractivity contribution in [3.8, 4) is 0 Å². The summed E-state index contributed by atoms with van der Waals surface area (Å²) in [6.07, 6.45) is 3.82. The quantitative estimate of drug-likeness (QED) is 0.415. The Labute approximate surface area is 206 Å². The molecule has 0 unspecified atom stereocenters. The fourth-order valence-electron chi connectivity index (χ4n) is 3.13. The summed E-state index contributed by atoms with van der Waals surface area (Å²) < 4.78 is 0. The third-order valence-corrected chi connectivity index (χ3v) is 5.48. The first kappa shape index (κ1) is 27.5. The normalized spacial score (nSPS) is 12.0. The van der Waals surface area contributed by atoms with Gasteiger partial charge in [0.2, 0.25) is 11.8 Å². The van der Waals surface area contributed by atoms with Gasteiger partial charge in [-0.25, -0.2) is 9.97 Å². The summed E-state index contributed by atoms with van der Waals surface area (Å²) in [7, 11) is 5.43. The number of hydrogen-bond donors (Lipinski definition) is 3. The molecule has 0 aliphatic heterocycles. The third-order valence-electron chi connectivity index (χ3n) is 5.48. The van der Waals surface area contributed by atoms with E-state index in [0.29, 0.717) is 36.7 Å². The van der Waals surface area contributed by atoms with Crippen LogP contribution in [0.3, 0.4) is 0 Å². The van der Waals surface area contributed by atoms with E-state index in [1.807, 2.05) is 50.2 Å². The fraction of sp³-hybridized carbons (Fsp3) is 0.400. The van der Waals surface area contributed by atoms with E-state index in [9.17, 15) is 14.4 Å². The smallest absolute Gasteiger partial charge is 0.271 e. The number of carbonyl (C=O) groups is 3. The molecule has 4 N–H and O–H groups in total. The highest BCUT2D eigenvalue weighted by Crippen LogP contribution is 2.20.